The molecule has 1 fully saturated rings. The first-order valence-electron chi connectivity index (χ1n) is 7.04. The van der Waals surface area contributed by atoms with Crippen LogP contribution >= 0.6 is 11.8 Å². The number of hydrogen-bond donors (Lipinski definition) is 2. The van der Waals surface area contributed by atoms with Gasteiger partial charge >= 0.3 is 6.03 Å². The summed E-state index contributed by atoms with van der Waals surface area (Å²) in [4.78, 5) is 45.6. The molecule has 1 aliphatic rings. The molecule has 1 aliphatic heterocycles. The third kappa shape index (κ3) is 3.44. The summed E-state index contributed by atoms with van der Waals surface area (Å²) in [7, 11) is 1.70. The largest absolute Gasteiger partial charge is 0.328 e. The highest BCUT2D eigenvalue weighted by Gasteiger charge is 2.28. The Balaban J connectivity index is 1.96. The molecule has 1 aromatic carbocycles. The Morgan fingerprint density at radius 2 is 1.92 bits per heavy atom. The lowest BCUT2D eigenvalue weighted by Gasteiger charge is -2.13. The van der Waals surface area contributed by atoms with Crippen molar-refractivity contribution in [2.24, 2.45) is 7.05 Å². The van der Waals surface area contributed by atoms with Gasteiger partial charge in [0.25, 0.3) is 17.5 Å². The van der Waals surface area contributed by atoms with Crippen molar-refractivity contribution in [1.29, 1.82) is 0 Å². The standard InChI is InChI=1S/C14H10N6O5S/c1-19-6-15-18-14(19)26-10-3-2-7(5-9(10)20(24)25)4-8-11(21)16-13(23)17-12(8)22/h2-6H,1H3,(H2,16,17,21,22,23). The summed E-state index contributed by atoms with van der Waals surface area (Å²) >= 11 is 1.06. The van der Waals surface area contributed by atoms with E-state index in [1.807, 2.05) is 10.6 Å². The zero-order valence-corrected chi connectivity index (χ0v) is 13.9. The number of nitro groups is 1. The molecule has 0 aliphatic carbocycles. The average Bonchev–Trinajstić information content (AvgIpc) is 2.97. The second-order valence-electron chi connectivity index (χ2n) is 5.11. The first kappa shape index (κ1) is 17.3. The van der Waals surface area contributed by atoms with Gasteiger partial charge in [0.2, 0.25) is 0 Å². The molecule has 2 N–H and O–H groups in total. The normalized spacial score (nSPS) is 14.0. The number of hydrogen-bond acceptors (Lipinski definition) is 8. The second kappa shape index (κ2) is 6.76. The van der Waals surface area contributed by atoms with Gasteiger partial charge in [-0.25, -0.2) is 4.79 Å². The van der Waals surface area contributed by atoms with Crippen LogP contribution in [0.5, 0.6) is 0 Å². The number of nitrogens with zero attached hydrogens (tertiary/aromatic N) is 4. The van der Waals surface area contributed by atoms with E-state index in [2.05, 4.69) is 10.2 Å². The predicted octanol–water partition coefficient (Wildman–Crippen LogP) is 0.624. The summed E-state index contributed by atoms with van der Waals surface area (Å²) in [6.45, 7) is 0. The van der Waals surface area contributed by atoms with Crippen molar-refractivity contribution in [3.05, 3.63) is 45.8 Å². The van der Waals surface area contributed by atoms with Crippen molar-refractivity contribution >= 4 is 41.4 Å². The number of amides is 4. The monoisotopic (exact) mass is 374 g/mol. The highest BCUT2D eigenvalue weighted by molar-refractivity contribution is 7.99. The Labute approximate surface area is 149 Å². The number of barbiturate groups is 1. The van der Waals surface area contributed by atoms with E-state index in [0.29, 0.717) is 10.1 Å². The molecule has 0 saturated carbocycles. The molecule has 3 rings (SSSR count). The van der Waals surface area contributed by atoms with E-state index < -0.39 is 22.8 Å². The highest BCUT2D eigenvalue weighted by Crippen LogP contribution is 2.34. The van der Waals surface area contributed by atoms with Gasteiger partial charge in [0.05, 0.1) is 9.82 Å². The Morgan fingerprint density at radius 1 is 1.23 bits per heavy atom. The summed E-state index contributed by atoms with van der Waals surface area (Å²) in [6.07, 6.45) is 2.63. The minimum absolute atomic E-state index is 0.222. The van der Waals surface area contributed by atoms with Crippen LogP contribution in [-0.2, 0) is 16.6 Å². The quantitative estimate of drug-likeness (QED) is 0.342. The van der Waals surface area contributed by atoms with Crippen LogP contribution in [0, 0.1) is 10.1 Å². The van der Waals surface area contributed by atoms with Crippen molar-refractivity contribution in [2.75, 3.05) is 0 Å². The summed E-state index contributed by atoms with van der Waals surface area (Å²) in [6, 6.07) is 3.30. The van der Waals surface area contributed by atoms with E-state index >= 15 is 0 Å². The lowest BCUT2D eigenvalue weighted by molar-refractivity contribution is -0.387. The van der Waals surface area contributed by atoms with Gasteiger partial charge in [0.15, 0.2) is 5.16 Å². The van der Waals surface area contributed by atoms with Gasteiger partial charge in [-0.15, -0.1) is 10.2 Å². The summed E-state index contributed by atoms with van der Waals surface area (Å²) in [5.41, 5.74) is -0.290. The van der Waals surface area contributed by atoms with Crippen LogP contribution in [0.2, 0.25) is 0 Å². The molecule has 4 amide bonds. The van der Waals surface area contributed by atoms with Crippen molar-refractivity contribution in [2.45, 2.75) is 10.1 Å². The van der Waals surface area contributed by atoms with Gasteiger partial charge in [-0.3, -0.25) is 30.3 Å². The van der Waals surface area contributed by atoms with E-state index in [-0.39, 0.29) is 16.8 Å². The Bertz CT molecular complexity index is 960. The van der Waals surface area contributed by atoms with Crippen molar-refractivity contribution in [1.82, 2.24) is 25.4 Å². The number of urea groups is 1. The third-order valence-electron chi connectivity index (χ3n) is 3.31. The smallest absolute Gasteiger partial charge is 0.311 e. The SMILES string of the molecule is Cn1cnnc1Sc1ccc(C=C2C(=O)NC(=O)NC2=O)cc1[N+](=O)[O-]. The summed E-state index contributed by atoms with van der Waals surface area (Å²) in [5, 5.41) is 23.3. The van der Waals surface area contributed by atoms with Crippen LogP contribution in [0.4, 0.5) is 10.5 Å². The van der Waals surface area contributed by atoms with E-state index in [4.69, 9.17) is 0 Å². The lowest BCUT2D eigenvalue weighted by atomic mass is 10.1. The second-order valence-corrected chi connectivity index (χ2v) is 6.12. The minimum atomic E-state index is -0.918. The molecule has 2 heterocycles. The fraction of sp³-hybridized carbons (Fsp3) is 0.0714. The zero-order chi connectivity index (χ0) is 18.8. The maximum absolute atomic E-state index is 11.7. The Kier molecular flexibility index (Phi) is 4.49. The molecule has 1 saturated heterocycles. The van der Waals surface area contributed by atoms with Crippen molar-refractivity contribution in [3.8, 4) is 0 Å². The molecular formula is C14H10N6O5S. The van der Waals surface area contributed by atoms with Crippen LogP contribution in [0.15, 0.2) is 40.2 Å². The third-order valence-corrected chi connectivity index (χ3v) is 4.42. The number of benzene rings is 1. The molecule has 11 nitrogen and oxygen atoms in total. The summed E-state index contributed by atoms with van der Waals surface area (Å²) in [5.74, 6) is -1.75. The fourth-order valence-electron chi connectivity index (χ4n) is 2.09. The van der Waals surface area contributed by atoms with Crippen molar-refractivity contribution < 1.29 is 19.3 Å². The van der Waals surface area contributed by atoms with Crippen LogP contribution in [0.25, 0.3) is 6.08 Å². The molecule has 132 valence electrons. The van der Waals surface area contributed by atoms with E-state index in [1.54, 1.807) is 11.6 Å². The molecule has 0 unspecified atom stereocenters. The van der Waals surface area contributed by atoms with Gasteiger partial charge in [-0.1, -0.05) is 6.07 Å². The van der Waals surface area contributed by atoms with Gasteiger partial charge < -0.3 is 4.57 Å². The molecular weight excluding hydrogens is 364 g/mol. The number of carbonyl (C=O) groups is 3. The first-order valence-corrected chi connectivity index (χ1v) is 7.85. The fourth-order valence-corrected chi connectivity index (χ4v) is 2.94. The van der Waals surface area contributed by atoms with Gasteiger partial charge in [-0.05, 0) is 29.5 Å². The maximum Gasteiger partial charge on any atom is 0.328 e. The molecule has 26 heavy (non-hydrogen) atoms. The number of rotatable bonds is 4. The predicted molar refractivity (Wildman–Crippen MR) is 87.9 cm³/mol. The van der Waals surface area contributed by atoms with Crippen LogP contribution in [-0.4, -0.2) is 37.5 Å². The number of imide groups is 2. The zero-order valence-electron chi connectivity index (χ0n) is 13.1. The number of nitrogens with one attached hydrogen (secondary N) is 2. The highest BCUT2D eigenvalue weighted by atomic mass is 32.2. The average molecular weight is 374 g/mol. The van der Waals surface area contributed by atoms with E-state index in [0.717, 1.165) is 11.8 Å². The molecule has 2 aromatic rings. The van der Waals surface area contributed by atoms with Gasteiger partial charge in [0, 0.05) is 13.1 Å². The maximum atomic E-state index is 11.7. The molecule has 0 radical (unpaired) electrons. The Hall–Kier alpha value is -3.54. The molecule has 0 atom stereocenters. The lowest BCUT2D eigenvalue weighted by Crippen LogP contribution is -2.51. The van der Waals surface area contributed by atoms with E-state index in [1.165, 1.54) is 30.6 Å². The van der Waals surface area contributed by atoms with E-state index in [9.17, 15) is 24.5 Å². The number of carbonyl (C=O) groups excluding carboxylic acids is 3. The first-order chi connectivity index (χ1) is 12.3. The molecule has 1 aromatic heterocycles. The van der Waals surface area contributed by atoms with Crippen LogP contribution in [0.3, 0.4) is 0 Å². The molecule has 12 heteroatoms. The summed E-state index contributed by atoms with van der Waals surface area (Å²) < 4.78 is 1.61. The number of nitro benzene ring substituents is 1. The van der Waals surface area contributed by atoms with Gasteiger partial charge in [0.1, 0.15) is 11.9 Å². The molecule has 0 spiro atoms. The number of aryl methyl sites for hydroxylation is 1. The number of aromatic nitrogens is 3. The Morgan fingerprint density at radius 3 is 2.50 bits per heavy atom. The molecule has 0 bridgehead atoms. The topological polar surface area (TPSA) is 149 Å². The van der Waals surface area contributed by atoms with Crippen molar-refractivity contribution in [3.63, 3.8) is 0 Å². The van der Waals surface area contributed by atoms with Crippen LogP contribution < -0.4 is 10.6 Å². The van der Waals surface area contributed by atoms with Gasteiger partial charge in [-0.2, -0.15) is 0 Å². The minimum Gasteiger partial charge on any atom is -0.311 e. The van der Waals surface area contributed by atoms with Crippen LogP contribution in [0.1, 0.15) is 5.56 Å².